The van der Waals surface area contributed by atoms with E-state index >= 15 is 0 Å². The Labute approximate surface area is 218 Å². The van der Waals surface area contributed by atoms with Crippen molar-refractivity contribution in [3.63, 3.8) is 0 Å². The standard InChI is InChI=1S/C25H43N7O5/c1-4-5-15-37-23-29-21(26)20-22(30-23)32(24(34)28-20)13-7-14-35-18-25(8-10-27-11-9-25)17-19(33)36-16-6-12-31(2)3/h27H,4-18H2,1-3H3,(H,28,34)(H2,26,29,30). The summed E-state index contributed by atoms with van der Waals surface area (Å²) in [5.41, 5.74) is 6.33. The van der Waals surface area contributed by atoms with Gasteiger partial charge in [-0.25, -0.2) is 4.79 Å². The van der Waals surface area contributed by atoms with E-state index in [0.29, 0.717) is 57.0 Å². The van der Waals surface area contributed by atoms with E-state index in [-0.39, 0.29) is 28.9 Å². The van der Waals surface area contributed by atoms with Crippen LogP contribution in [0.2, 0.25) is 0 Å². The molecule has 0 unspecified atom stereocenters. The lowest BCUT2D eigenvalue weighted by atomic mass is 9.77. The van der Waals surface area contributed by atoms with Gasteiger partial charge in [0.2, 0.25) is 0 Å². The van der Waals surface area contributed by atoms with Crippen molar-refractivity contribution in [3.05, 3.63) is 10.5 Å². The van der Waals surface area contributed by atoms with Crippen molar-refractivity contribution in [3.8, 4) is 6.01 Å². The van der Waals surface area contributed by atoms with E-state index in [1.807, 2.05) is 14.1 Å². The highest BCUT2D eigenvalue weighted by Gasteiger charge is 2.35. The number of nitrogens with one attached hydrogen (secondary N) is 2. The topological polar surface area (TPSA) is 150 Å². The quantitative estimate of drug-likeness (QED) is 0.219. The summed E-state index contributed by atoms with van der Waals surface area (Å²) in [6.07, 6.45) is 5.37. The molecule has 3 rings (SSSR count). The van der Waals surface area contributed by atoms with Gasteiger partial charge in [0, 0.05) is 25.1 Å². The summed E-state index contributed by atoms with van der Waals surface area (Å²) in [7, 11) is 4.00. The number of carbonyl (C=O) groups excluding carboxylic acids is 1. The average Bonchev–Trinajstić information content (AvgIpc) is 3.18. The predicted molar refractivity (Wildman–Crippen MR) is 142 cm³/mol. The number of carbonyl (C=O) groups is 1. The number of aromatic amines is 1. The van der Waals surface area contributed by atoms with Gasteiger partial charge in [0.15, 0.2) is 11.5 Å². The van der Waals surface area contributed by atoms with Gasteiger partial charge in [0.1, 0.15) is 5.52 Å². The largest absolute Gasteiger partial charge is 0.466 e. The molecular formula is C25H43N7O5. The van der Waals surface area contributed by atoms with Gasteiger partial charge < -0.3 is 35.1 Å². The highest BCUT2D eigenvalue weighted by Crippen LogP contribution is 2.33. The maximum absolute atomic E-state index is 12.5. The third-order valence-electron chi connectivity index (χ3n) is 6.63. The van der Waals surface area contributed by atoms with Crippen molar-refractivity contribution in [2.24, 2.45) is 5.41 Å². The first-order valence-electron chi connectivity index (χ1n) is 13.3. The SMILES string of the molecule is CCCCOc1nc(N)c2[nH]c(=O)n(CCCOCC3(CC(=O)OCCCN(C)C)CCNCC3)c2n1. The normalized spacial score (nSPS) is 15.4. The lowest BCUT2D eigenvalue weighted by Crippen LogP contribution is -2.41. The Morgan fingerprint density at radius 3 is 2.65 bits per heavy atom. The molecule has 0 atom stereocenters. The lowest BCUT2D eigenvalue weighted by Gasteiger charge is -2.36. The molecule has 0 bridgehead atoms. The molecule has 0 aromatic carbocycles. The number of piperidine rings is 1. The van der Waals surface area contributed by atoms with Crippen LogP contribution in [0.1, 0.15) is 51.9 Å². The summed E-state index contributed by atoms with van der Waals surface area (Å²) in [6, 6.07) is 0.170. The second-order valence-electron chi connectivity index (χ2n) is 10.1. The molecule has 3 heterocycles. The number of rotatable bonds is 16. The summed E-state index contributed by atoms with van der Waals surface area (Å²) >= 11 is 0. The zero-order valence-corrected chi connectivity index (χ0v) is 22.5. The van der Waals surface area contributed by atoms with Crippen LogP contribution in [0.4, 0.5) is 5.82 Å². The number of aryl methyl sites for hydroxylation is 1. The Kier molecular flexibility index (Phi) is 11.2. The van der Waals surface area contributed by atoms with E-state index in [1.165, 1.54) is 4.57 Å². The first-order chi connectivity index (χ1) is 17.8. The van der Waals surface area contributed by atoms with Crippen LogP contribution in [0, 0.1) is 5.41 Å². The highest BCUT2D eigenvalue weighted by atomic mass is 16.5. The molecule has 12 nitrogen and oxygen atoms in total. The van der Waals surface area contributed by atoms with Crippen LogP contribution >= 0.6 is 0 Å². The van der Waals surface area contributed by atoms with Crippen LogP contribution in [-0.2, 0) is 20.8 Å². The highest BCUT2D eigenvalue weighted by molar-refractivity contribution is 5.81. The number of nitrogens with two attached hydrogens (primary N) is 1. The van der Waals surface area contributed by atoms with Gasteiger partial charge in [0.05, 0.1) is 26.2 Å². The number of unbranched alkanes of at least 4 members (excludes halogenated alkanes) is 1. The molecule has 2 aromatic heterocycles. The zero-order valence-electron chi connectivity index (χ0n) is 22.5. The van der Waals surface area contributed by atoms with E-state index in [4.69, 9.17) is 19.9 Å². The second-order valence-corrected chi connectivity index (χ2v) is 10.1. The molecule has 37 heavy (non-hydrogen) atoms. The Hall–Kier alpha value is -2.70. The average molecular weight is 522 g/mol. The van der Waals surface area contributed by atoms with Gasteiger partial charge in [0.25, 0.3) is 0 Å². The Morgan fingerprint density at radius 1 is 1.14 bits per heavy atom. The van der Waals surface area contributed by atoms with Crippen molar-refractivity contribution >= 4 is 23.0 Å². The molecule has 0 aliphatic carbocycles. The van der Waals surface area contributed by atoms with Crippen molar-refractivity contribution in [1.29, 1.82) is 0 Å². The monoisotopic (exact) mass is 521 g/mol. The van der Waals surface area contributed by atoms with Crippen LogP contribution in [-0.4, -0.2) is 90.5 Å². The van der Waals surface area contributed by atoms with Crippen molar-refractivity contribution < 1.29 is 19.0 Å². The summed E-state index contributed by atoms with van der Waals surface area (Å²) in [5.74, 6) is 0.0221. The number of aromatic nitrogens is 4. The third kappa shape index (κ3) is 8.68. The number of hydrogen-bond donors (Lipinski definition) is 3. The number of H-pyrrole nitrogens is 1. The fourth-order valence-electron chi connectivity index (χ4n) is 4.48. The predicted octanol–water partition coefficient (Wildman–Crippen LogP) is 1.54. The number of ether oxygens (including phenoxy) is 3. The van der Waals surface area contributed by atoms with E-state index < -0.39 is 0 Å². The second kappa shape index (κ2) is 14.3. The van der Waals surface area contributed by atoms with Crippen molar-refractivity contribution in [2.75, 3.05) is 65.9 Å². The van der Waals surface area contributed by atoms with E-state index in [9.17, 15) is 9.59 Å². The van der Waals surface area contributed by atoms with Crippen molar-refractivity contribution in [1.82, 2.24) is 29.7 Å². The third-order valence-corrected chi connectivity index (χ3v) is 6.63. The number of fused-ring (bicyclic) bond motifs is 1. The smallest absolute Gasteiger partial charge is 0.327 e. The Bertz CT molecular complexity index is 1050. The molecule has 4 N–H and O–H groups in total. The molecule has 1 aliphatic heterocycles. The van der Waals surface area contributed by atoms with Gasteiger partial charge in [-0.2, -0.15) is 9.97 Å². The maximum Gasteiger partial charge on any atom is 0.327 e. The molecular weight excluding hydrogens is 478 g/mol. The van der Waals surface area contributed by atoms with Gasteiger partial charge in [-0.05, 0) is 59.3 Å². The first-order valence-corrected chi connectivity index (χ1v) is 13.3. The van der Waals surface area contributed by atoms with E-state index in [0.717, 1.165) is 51.7 Å². The molecule has 1 aliphatic rings. The summed E-state index contributed by atoms with van der Waals surface area (Å²) in [6.45, 7) is 6.93. The number of nitrogen functional groups attached to an aromatic ring is 1. The van der Waals surface area contributed by atoms with Crippen LogP contribution in [0.3, 0.4) is 0 Å². The Morgan fingerprint density at radius 2 is 1.92 bits per heavy atom. The number of imidazole rings is 1. The molecule has 0 amide bonds. The molecule has 12 heteroatoms. The molecule has 0 saturated carbocycles. The summed E-state index contributed by atoms with van der Waals surface area (Å²) in [5, 5.41) is 3.36. The molecule has 0 spiro atoms. The van der Waals surface area contributed by atoms with E-state index in [1.54, 1.807) is 0 Å². The minimum Gasteiger partial charge on any atom is -0.466 e. The minimum absolute atomic E-state index is 0.163. The zero-order chi connectivity index (χ0) is 26.7. The van der Waals surface area contributed by atoms with E-state index in [2.05, 4.69) is 32.1 Å². The number of nitrogens with zero attached hydrogens (tertiary/aromatic N) is 4. The fraction of sp³-hybridized carbons (Fsp3) is 0.760. The maximum atomic E-state index is 12.5. The van der Waals surface area contributed by atoms with Crippen LogP contribution in [0.15, 0.2) is 4.79 Å². The fourth-order valence-corrected chi connectivity index (χ4v) is 4.48. The molecule has 208 valence electrons. The van der Waals surface area contributed by atoms with Crippen LogP contribution in [0.5, 0.6) is 6.01 Å². The van der Waals surface area contributed by atoms with Gasteiger partial charge in [-0.1, -0.05) is 13.3 Å². The molecule has 1 saturated heterocycles. The summed E-state index contributed by atoms with van der Waals surface area (Å²) < 4.78 is 18.7. The number of hydrogen-bond acceptors (Lipinski definition) is 10. The van der Waals surface area contributed by atoms with Crippen LogP contribution in [0.25, 0.3) is 11.2 Å². The minimum atomic E-state index is -0.298. The Balaban J connectivity index is 1.52. The molecule has 2 aromatic rings. The van der Waals surface area contributed by atoms with Crippen molar-refractivity contribution in [2.45, 2.75) is 58.4 Å². The number of esters is 1. The van der Waals surface area contributed by atoms with Crippen LogP contribution < -0.4 is 21.5 Å². The van der Waals surface area contributed by atoms with Gasteiger partial charge in [-0.15, -0.1) is 0 Å². The van der Waals surface area contributed by atoms with Gasteiger partial charge >= 0.3 is 17.7 Å². The van der Waals surface area contributed by atoms with Gasteiger partial charge in [-0.3, -0.25) is 9.36 Å². The molecule has 0 radical (unpaired) electrons. The molecule has 1 fully saturated rings. The summed E-state index contributed by atoms with van der Waals surface area (Å²) in [4.78, 5) is 38.4. The number of anilines is 1. The lowest BCUT2D eigenvalue weighted by molar-refractivity contribution is -0.148. The first kappa shape index (κ1) is 28.9.